The van der Waals surface area contributed by atoms with E-state index < -0.39 is 0 Å². The average molecular weight is 163 g/mol. The van der Waals surface area contributed by atoms with Crippen molar-refractivity contribution >= 4 is 6.47 Å². The third-order valence-electron chi connectivity index (χ3n) is 0.812. The molecule has 11 heavy (non-hydrogen) atoms. The van der Waals surface area contributed by atoms with Crippen molar-refractivity contribution < 1.29 is 19.5 Å². The molecule has 1 unspecified atom stereocenters. The largest absolute Gasteiger partial charge is 0.665 e. The summed E-state index contributed by atoms with van der Waals surface area (Å²) in [6.07, 6.45) is -0.185. The summed E-state index contributed by atoms with van der Waals surface area (Å²) in [5, 5.41) is 15.6. The van der Waals surface area contributed by atoms with E-state index in [9.17, 15) is 0 Å². The Hall–Kier alpha value is -0.610. The third-order valence-corrected chi connectivity index (χ3v) is 0.812. The predicted octanol–water partition coefficient (Wildman–Crippen LogP) is -0.315. The molecule has 0 rings (SSSR count). The molecule has 2 N–H and O–H groups in total. The highest BCUT2D eigenvalue weighted by Crippen LogP contribution is 1.92. The van der Waals surface area contributed by atoms with Gasteiger partial charge in [-0.25, -0.2) is 0 Å². The first-order valence-corrected chi connectivity index (χ1v) is 3.33. The van der Waals surface area contributed by atoms with Gasteiger partial charge in [-0.05, 0) is 6.92 Å². The van der Waals surface area contributed by atoms with Gasteiger partial charge in [0.05, 0.1) is 21.1 Å². The molecule has 0 aliphatic heterocycles. The highest BCUT2D eigenvalue weighted by atomic mass is 16.3. The van der Waals surface area contributed by atoms with Gasteiger partial charge < -0.3 is 19.5 Å². The average Bonchev–Trinajstić information content (AvgIpc) is 1.57. The molecule has 0 radical (unpaired) electrons. The lowest BCUT2D eigenvalue weighted by Gasteiger charge is -2.24. The second kappa shape index (κ2) is 6.12. The molecule has 4 nitrogen and oxygen atoms in total. The van der Waals surface area contributed by atoms with E-state index in [1.165, 1.54) is 0 Å². The SMILES string of the molecule is CC(O)C[N+](C)(C)C.O=[C-]O. The maximum Gasteiger partial charge on any atom is 0.104 e. The molecule has 0 aromatic carbocycles. The van der Waals surface area contributed by atoms with Gasteiger partial charge in [-0.2, -0.15) is 0 Å². The molecule has 0 aromatic rings. The number of hydrogen-bond acceptors (Lipinski definition) is 2. The molecule has 0 aliphatic carbocycles. The van der Waals surface area contributed by atoms with Crippen LogP contribution in [0.1, 0.15) is 6.92 Å². The van der Waals surface area contributed by atoms with Crippen LogP contribution < -0.4 is 0 Å². The molecule has 0 fully saturated rings. The Balaban J connectivity index is 0. The highest BCUT2D eigenvalue weighted by Gasteiger charge is 2.09. The Morgan fingerprint density at radius 1 is 1.45 bits per heavy atom. The Bertz CT molecular complexity index is 96.3. The number of quaternary nitrogens is 1. The van der Waals surface area contributed by atoms with Crippen LogP contribution in [-0.2, 0) is 4.79 Å². The summed E-state index contributed by atoms with van der Waals surface area (Å²) in [6, 6.07) is 0. The lowest BCUT2D eigenvalue weighted by molar-refractivity contribution is -0.873. The van der Waals surface area contributed by atoms with E-state index in [0.717, 1.165) is 11.0 Å². The van der Waals surface area contributed by atoms with Gasteiger partial charge in [-0.1, -0.05) is 6.47 Å². The van der Waals surface area contributed by atoms with Gasteiger partial charge in [0.2, 0.25) is 0 Å². The third kappa shape index (κ3) is 26.6. The molecule has 68 valence electrons. The van der Waals surface area contributed by atoms with Gasteiger partial charge in [0.15, 0.2) is 0 Å². The minimum Gasteiger partial charge on any atom is -0.665 e. The van der Waals surface area contributed by atoms with Gasteiger partial charge in [0, 0.05) is 0 Å². The highest BCUT2D eigenvalue weighted by molar-refractivity contribution is 5.34. The summed E-state index contributed by atoms with van der Waals surface area (Å²) >= 11 is 0. The van der Waals surface area contributed by atoms with Crippen LogP contribution in [0.4, 0.5) is 0 Å². The molecule has 0 spiro atoms. The molecular weight excluding hydrogens is 146 g/mol. The van der Waals surface area contributed by atoms with Crippen LogP contribution in [-0.4, -0.2) is 55.0 Å². The van der Waals surface area contributed by atoms with Crippen LogP contribution in [0, 0.1) is 0 Å². The first kappa shape index (κ1) is 13.0. The van der Waals surface area contributed by atoms with Crippen molar-refractivity contribution in [1.29, 1.82) is 0 Å². The van der Waals surface area contributed by atoms with E-state index in [4.69, 9.17) is 15.0 Å². The minimum atomic E-state index is -0.185. The van der Waals surface area contributed by atoms with Crippen molar-refractivity contribution in [3.63, 3.8) is 0 Å². The van der Waals surface area contributed by atoms with Crippen LogP contribution >= 0.6 is 0 Å². The molecule has 0 saturated heterocycles. The zero-order valence-electron chi connectivity index (χ0n) is 7.53. The Labute approximate surface area is 67.7 Å². The summed E-state index contributed by atoms with van der Waals surface area (Å²) < 4.78 is 0.831. The van der Waals surface area contributed by atoms with Gasteiger partial charge in [-0.15, -0.1) is 0 Å². The predicted molar refractivity (Wildman–Crippen MR) is 42.9 cm³/mol. The summed E-state index contributed by atoms with van der Waals surface area (Å²) in [5.74, 6) is 0. The fraction of sp³-hybridized carbons (Fsp3) is 0.857. The van der Waals surface area contributed by atoms with Crippen LogP contribution in [0.5, 0.6) is 0 Å². The van der Waals surface area contributed by atoms with E-state index in [-0.39, 0.29) is 6.10 Å². The van der Waals surface area contributed by atoms with Crippen molar-refractivity contribution in [3.05, 3.63) is 0 Å². The van der Waals surface area contributed by atoms with Crippen LogP contribution in [0.3, 0.4) is 0 Å². The number of hydrogen-bond donors (Lipinski definition) is 2. The van der Waals surface area contributed by atoms with Crippen LogP contribution in [0.25, 0.3) is 0 Å². The lowest BCUT2D eigenvalue weighted by Crippen LogP contribution is -2.40. The van der Waals surface area contributed by atoms with Gasteiger partial charge in [0.25, 0.3) is 0 Å². The number of aliphatic hydroxyl groups is 1. The maximum atomic E-state index is 8.87. The topological polar surface area (TPSA) is 57.5 Å². The smallest absolute Gasteiger partial charge is 0.104 e. The Morgan fingerprint density at radius 3 is 1.73 bits per heavy atom. The van der Waals surface area contributed by atoms with E-state index >= 15 is 0 Å². The molecule has 0 heterocycles. The van der Waals surface area contributed by atoms with Gasteiger partial charge in [0.1, 0.15) is 12.6 Å². The molecule has 4 heteroatoms. The van der Waals surface area contributed by atoms with Crippen molar-refractivity contribution in [1.82, 2.24) is 0 Å². The Kier molecular flexibility index (Phi) is 7.24. The first-order valence-electron chi connectivity index (χ1n) is 3.33. The van der Waals surface area contributed by atoms with Gasteiger partial charge >= 0.3 is 0 Å². The zero-order chi connectivity index (χ0) is 9.49. The van der Waals surface area contributed by atoms with Crippen molar-refractivity contribution in [2.24, 2.45) is 0 Å². The zero-order valence-corrected chi connectivity index (χ0v) is 7.53. The normalized spacial score (nSPS) is 12.8. The summed E-state index contributed by atoms with van der Waals surface area (Å²) in [4.78, 5) is 8.24. The quantitative estimate of drug-likeness (QED) is 0.433. The van der Waals surface area contributed by atoms with Crippen molar-refractivity contribution in [2.75, 3.05) is 27.7 Å². The van der Waals surface area contributed by atoms with E-state index in [0.29, 0.717) is 6.47 Å². The molecule has 0 bridgehead atoms. The summed E-state index contributed by atoms with van der Waals surface area (Å²) in [7, 11) is 6.19. The van der Waals surface area contributed by atoms with Crippen LogP contribution in [0.15, 0.2) is 0 Å². The van der Waals surface area contributed by atoms with E-state index in [2.05, 4.69) is 21.1 Å². The molecule has 1 atom stereocenters. The molecule has 0 amide bonds. The fourth-order valence-electron chi connectivity index (χ4n) is 0.793. The Morgan fingerprint density at radius 2 is 1.73 bits per heavy atom. The second-order valence-electron chi connectivity index (χ2n) is 3.41. The van der Waals surface area contributed by atoms with Crippen LogP contribution in [0.2, 0.25) is 0 Å². The maximum absolute atomic E-state index is 8.87. The summed E-state index contributed by atoms with van der Waals surface area (Å²) in [5.41, 5.74) is 0. The first-order chi connectivity index (χ1) is 4.83. The van der Waals surface area contributed by atoms with Crippen molar-refractivity contribution in [2.45, 2.75) is 13.0 Å². The molecule has 0 aliphatic rings. The molecule has 0 aromatic heterocycles. The minimum absolute atomic E-state index is 0.185. The number of nitrogens with zero attached hydrogens (tertiary/aromatic N) is 1. The fourth-order valence-corrected chi connectivity index (χ4v) is 0.793. The number of likely N-dealkylation sites (N-methyl/N-ethyl adjacent to an activating group) is 1. The van der Waals surface area contributed by atoms with Gasteiger partial charge in [-0.3, -0.25) is 0 Å². The number of aliphatic hydroxyl groups excluding tert-OH is 2. The second-order valence-corrected chi connectivity index (χ2v) is 3.41. The van der Waals surface area contributed by atoms with Crippen molar-refractivity contribution in [3.8, 4) is 0 Å². The van der Waals surface area contributed by atoms with E-state index in [1.807, 2.05) is 6.92 Å². The standard InChI is InChI=1S/C6H16NO.CHO2/c1-6(8)5-7(2,3)4;2-1-3/h6,8H,5H2,1-4H3;(H,2,3)/q+1;-1. The molecular formula is C7H17NO3. The molecule has 0 saturated carbocycles. The monoisotopic (exact) mass is 163 g/mol. The lowest BCUT2D eigenvalue weighted by atomic mass is 10.3. The van der Waals surface area contributed by atoms with E-state index in [1.54, 1.807) is 0 Å². The summed E-state index contributed by atoms with van der Waals surface area (Å²) in [6.45, 7) is 3.13. The number of rotatable bonds is 2.